The highest BCUT2D eigenvalue weighted by Gasteiger charge is 2.23. The molecule has 0 aliphatic heterocycles. The fourth-order valence-electron chi connectivity index (χ4n) is 1.59. The van der Waals surface area contributed by atoms with Crippen molar-refractivity contribution in [2.75, 3.05) is 7.05 Å². The standard InChI is InChI=1S/C11H13N3O5S/c1-13(6-9-3-2-4-19-9)20(17,18)10-5-12-14(7-10)8-11(15)16/h2-5,7H,6,8H2,1H3,(H,15,16). The zero-order valence-corrected chi connectivity index (χ0v) is 11.4. The SMILES string of the molecule is CN(Cc1ccco1)S(=O)(=O)c1cnn(CC(=O)O)c1. The van der Waals surface area contributed by atoms with Gasteiger partial charge in [0.2, 0.25) is 10.0 Å². The molecule has 0 aliphatic carbocycles. The first-order valence-corrected chi connectivity index (χ1v) is 7.06. The van der Waals surface area contributed by atoms with Crippen LogP contribution in [0.5, 0.6) is 0 Å². The Morgan fingerprint density at radius 3 is 2.90 bits per heavy atom. The van der Waals surface area contributed by atoms with E-state index >= 15 is 0 Å². The number of aliphatic carboxylic acids is 1. The quantitative estimate of drug-likeness (QED) is 0.826. The summed E-state index contributed by atoms with van der Waals surface area (Å²) in [6.07, 6.45) is 3.76. The molecule has 0 radical (unpaired) electrons. The Hall–Kier alpha value is -2.13. The van der Waals surface area contributed by atoms with Crippen LogP contribution in [0.1, 0.15) is 5.76 Å². The first kappa shape index (κ1) is 14.3. The molecule has 0 atom stereocenters. The van der Waals surface area contributed by atoms with Crippen molar-refractivity contribution in [1.82, 2.24) is 14.1 Å². The lowest BCUT2D eigenvalue weighted by Crippen LogP contribution is -2.26. The van der Waals surface area contributed by atoms with Gasteiger partial charge in [0.15, 0.2) is 0 Å². The normalized spacial score (nSPS) is 11.9. The van der Waals surface area contributed by atoms with Crippen LogP contribution in [0.3, 0.4) is 0 Å². The smallest absolute Gasteiger partial charge is 0.325 e. The molecule has 2 rings (SSSR count). The van der Waals surface area contributed by atoms with Crippen LogP contribution < -0.4 is 0 Å². The van der Waals surface area contributed by atoms with Crippen molar-refractivity contribution in [1.29, 1.82) is 0 Å². The fraction of sp³-hybridized carbons (Fsp3) is 0.273. The lowest BCUT2D eigenvalue weighted by Gasteiger charge is -2.14. The van der Waals surface area contributed by atoms with Crippen molar-refractivity contribution in [2.45, 2.75) is 18.0 Å². The summed E-state index contributed by atoms with van der Waals surface area (Å²) in [5.41, 5.74) is 0. The van der Waals surface area contributed by atoms with Gasteiger partial charge in [0.25, 0.3) is 0 Å². The summed E-state index contributed by atoms with van der Waals surface area (Å²) in [7, 11) is -2.32. The first-order valence-electron chi connectivity index (χ1n) is 5.62. The Morgan fingerprint density at radius 1 is 1.55 bits per heavy atom. The van der Waals surface area contributed by atoms with Crippen LogP contribution in [-0.4, -0.2) is 40.6 Å². The lowest BCUT2D eigenvalue weighted by molar-refractivity contribution is -0.137. The molecule has 8 nitrogen and oxygen atoms in total. The monoisotopic (exact) mass is 299 g/mol. The highest BCUT2D eigenvalue weighted by Crippen LogP contribution is 2.16. The van der Waals surface area contributed by atoms with Gasteiger partial charge in [-0.3, -0.25) is 9.48 Å². The van der Waals surface area contributed by atoms with Gasteiger partial charge in [0.05, 0.1) is 19.0 Å². The molecule has 1 N–H and O–H groups in total. The van der Waals surface area contributed by atoms with Gasteiger partial charge in [-0.2, -0.15) is 9.40 Å². The molecule has 2 aromatic heterocycles. The minimum Gasteiger partial charge on any atom is -0.480 e. The third-order valence-corrected chi connectivity index (χ3v) is 4.33. The maximum absolute atomic E-state index is 12.2. The van der Waals surface area contributed by atoms with E-state index in [9.17, 15) is 13.2 Å². The van der Waals surface area contributed by atoms with Gasteiger partial charge < -0.3 is 9.52 Å². The molecule has 0 fully saturated rings. The number of sulfonamides is 1. The predicted molar refractivity (Wildman–Crippen MR) is 67.2 cm³/mol. The van der Waals surface area contributed by atoms with Crippen LogP contribution >= 0.6 is 0 Å². The predicted octanol–water partition coefficient (Wildman–Crippen LogP) is 0.381. The second-order valence-corrected chi connectivity index (χ2v) is 6.15. The number of rotatable bonds is 6. The minimum absolute atomic E-state index is 0.0622. The van der Waals surface area contributed by atoms with E-state index in [1.165, 1.54) is 19.5 Å². The molecule has 0 aliphatic rings. The summed E-state index contributed by atoms with van der Waals surface area (Å²) >= 11 is 0. The number of furan rings is 1. The zero-order chi connectivity index (χ0) is 14.8. The van der Waals surface area contributed by atoms with E-state index in [0.29, 0.717) is 5.76 Å². The first-order chi connectivity index (χ1) is 9.39. The van der Waals surface area contributed by atoms with E-state index in [2.05, 4.69) is 5.10 Å². The van der Waals surface area contributed by atoms with E-state index in [1.807, 2.05) is 0 Å². The fourth-order valence-corrected chi connectivity index (χ4v) is 2.68. The summed E-state index contributed by atoms with van der Waals surface area (Å²) in [5.74, 6) is -0.588. The summed E-state index contributed by atoms with van der Waals surface area (Å²) < 4.78 is 31.7. The zero-order valence-electron chi connectivity index (χ0n) is 10.6. The van der Waals surface area contributed by atoms with Crippen LogP contribution in [0.4, 0.5) is 0 Å². The Morgan fingerprint density at radius 2 is 2.30 bits per heavy atom. The second kappa shape index (κ2) is 5.47. The molecule has 0 bridgehead atoms. The van der Waals surface area contributed by atoms with Gasteiger partial charge in [0, 0.05) is 13.2 Å². The van der Waals surface area contributed by atoms with E-state index in [0.717, 1.165) is 15.2 Å². The number of carbonyl (C=O) groups is 1. The summed E-state index contributed by atoms with van der Waals surface area (Å²) in [6.45, 7) is -0.309. The van der Waals surface area contributed by atoms with Crippen LogP contribution in [0, 0.1) is 0 Å². The lowest BCUT2D eigenvalue weighted by atomic mass is 10.4. The summed E-state index contributed by atoms with van der Waals surface area (Å²) in [5, 5.41) is 12.3. The van der Waals surface area contributed by atoms with Crippen molar-refractivity contribution in [3.05, 3.63) is 36.5 Å². The largest absolute Gasteiger partial charge is 0.480 e. The number of hydrogen-bond acceptors (Lipinski definition) is 5. The van der Waals surface area contributed by atoms with E-state index in [4.69, 9.17) is 9.52 Å². The Labute approximate surface area is 115 Å². The number of carboxylic acid groups (broad SMARTS) is 1. The molecule has 2 aromatic rings. The minimum atomic E-state index is -3.73. The number of carboxylic acids is 1. The van der Waals surface area contributed by atoms with Crippen LogP contribution in [0.25, 0.3) is 0 Å². The molecule has 108 valence electrons. The molecule has 0 saturated heterocycles. The third kappa shape index (κ3) is 3.06. The molecule has 0 amide bonds. The number of nitrogens with zero attached hydrogens (tertiary/aromatic N) is 3. The number of aromatic nitrogens is 2. The van der Waals surface area contributed by atoms with Crippen molar-refractivity contribution < 1.29 is 22.7 Å². The van der Waals surface area contributed by atoms with Gasteiger partial charge in [-0.05, 0) is 12.1 Å². The van der Waals surface area contributed by atoms with Gasteiger partial charge >= 0.3 is 5.97 Å². The van der Waals surface area contributed by atoms with Crippen LogP contribution in [0.2, 0.25) is 0 Å². The molecule has 0 unspecified atom stereocenters. The highest BCUT2D eigenvalue weighted by molar-refractivity contribution is 7.89. The number of hydrogen-bond donors (Lipinski definition) is 1. The average Bonchev–Trinajstić information content (AvgIpc) is 2.99. The molecular formula is C11H13N3O5S. The molecule has 2 heterocycles. The van der Waals surface area contributed by atoms with Gasteiger partial charge in [-0.15, -0.1) is 0 Å². The summed E-state index contributed by atoms with van der Waals surface area (Å²) in [4.78, 5) is 10.5. The van der Waals surface area contributed by atoms with Gasteiger partial charge in [-0.25, -0.2) is 8.42 Å². The van der Waals surface area contributed by atoms with Crippen molar-refractivity contribution in [3.8, 4) is 0 Å². The van der Waals surface area contributed by atoms with Crippen LogP contribution in [0.15, 0.2) is 40.1 Å². The van der Waals surface area contributed by atoms with E-state index in [1.54, 1.807) is 12.1 Å². The Kier molecular flexibility index (Phi) is 3.91. The molecule has 0 saturated carbocycles. The van der Waals surface area contributed by atoms with E-state index in [-0.39, 0.29) is 11.4 Å². The molecule has 9 heteroatoms. The molecular weight excluding hydrogens is 286 g/mol. The molecule has 0 aromatic carbocycles. The Bertz CT molecular complexity index is 689. The topological polar surface area (TPSA) is 106 Å². The molecule has 20 heavy (non-hydrogen) atoms. The second-order valence-electron chi connectivity index (χ2n) is 4.11. The third-order valence-electron chi connectivity index (χ3n) is 2.57. The van der Waals surface area contributed by atoms with Crippen molar-refractivity contribution >= 4 is 16.0 Å². The van der Waals surface area contributed by atoms with Gasteiger partial charge in [-0.1, -0.05) is 0 Å². The Balaban J connectivity index is 2.16. The van der Waals surface area contributed by atoms with Crippen molar-refractivity contribution in [2.24, 2.45) is 0 Å². The van der Waals surface area contributed by atoms with E-state index < -0.39 is 22.5 Å². The highest BCUT2D eigenvalue weighted by atomic mass is 32.2. The van der Waals surface area contributed by atoms with Gasteiger partial charge in [0.1, 0.15) is 17.2 Å². The van der Waals surface area contributed by atoms with Crippen LogP contribution in [-0.2, 0) is 27.9 Å². The maximum Gasteiger partial charge on any atom is 0.325 e. The summed E-state index contributed by atoms with van der Waals surface area (Å²) in [6, 6.07) is 3.33. The van der Waals surface area contributed by atoms with Crippen molar-refractivity contribution in [3.63, 3.8) is 0 Å². The maximum atomic E-state index is 12.2. The molecule has 0 spiro atoms. The average molecular weight is 299 g/mol.